The Morgan fingerprint density at radius 2 is 2.33 bits per heavy atom. The average Bonchev–Trinajstić information content (AvgIpc) is 2.25. The van der Waals surface area contributed by atoms with Crippen molar-refractivity contribution in [3.8, 4) is 5.75 Å². The van der Waals surface area contributed by atoms with Crippen LogP contribution < -0.4 is 15.5 Å². The number of hydrogen-bond donors (Lipinski definition) is 2. The first-order chi connectivity index (χ1) is 7.13. The minimum absolute atomic E-state index is 0.419. The van der Waals surface area contributed by atoms with Gasteiger partial charge in [-0.3, -0.25) is 10.0 Å². The van der Waals surface area contributed by atoms with Gasteiger partial charge in [-0.1, -0.05) is 0 Å². The summed E-state index contributed by atoms with van der Waals surface area (Å²) in [6.45, 7) is 0. The van der Waals surface area contributed by atoms with Gasteiger partial charge in [-0.05, 0) is 30.2 Å². The van der Waals surface area contributed by atoms with Crippen molar-refractivity contribution >= 4 is 11.6 Å². The number of nitrogens with zero attached hydrogens (tertiary/aromatic N) is 1. The number of hydrogen-bond acceptors (Lipinski definition) is 4. The highest BCUT2D eigenvalue weighted by Gasteiger charge is 2.29. The molecule has 1 aliphatic heterocycles. The first kappa shape index (κ1) is 9.95. The van der Waals surface area contributed by atoms with Crippen LogP contribution in [-0.4, -0.2) is 24.3 Å². The summed E-state index contributed by atoms with van der Waals surface area (Å²) in [7, 11) is 1.56. The Bertz CT molecular complexity index is 406. The summed E-state index contributed by atoms with van der Waals surface area (Å²) in [6, 6.07) is 4.41. The molecular formula is C10H12N2O3. The van der Waals surface area contributed by atoms with E-state index in [1.807, 2.05) is 0 Å². The van der Waals surface area contributed by atoms with E-state index >= 15 is 0 Å². The van der Waals surface area contributed by atoms with E-state index in [4.69, 9.17) is 10.5 Å². The van der Waals surface area contributed by atoms with E-state index in [0.717, 1.165) is 5.56 Å². The number of amides is 1. The predicted octanol–water partition coefficient (Wildman–Crippen LogP) is 0.301. The van der Waals surface area contributed by atoms with E-state index < -0.39 is 11.9 Å². The third-order valence-corrected chi connectivity index (χ3v) is 2.48. The van der Waals surface area contributed by atoms with E-state index in [2.05, 4.69) is 0 Å². The molecule has 0 fully saturated rings. The molecule has 0 bridgehead atoms. The van der Waals surface area contributed by atoms with E-state index in [0.29, 0.717) is 22.9 Å². The molecule has 1 amide bonds. The van der Waals surface area contributed by atoms with Gasteiger partial charge < -0.3 is 10.5 Å². The highest BCUT2D eigenvalue weighted by molar-refractivity contribution is 5.98. The molecule has 15 heavy (non-hydrogen) atoms. The van der Waals surface area contributed by atoms with Crippen molar-refractivity contribution in [3.05, 3.63) is 23.8 Å². The number of ether oxygens (including phenoxy) is 1. The number of nitrogens with two attached hydrogens (primary N) is 1. The summed E-state index contributed by atoms with van der Waals surface area (Å²) in [5, 5.41) is 10.1. The van der Waals surface area contributed by atoms with Crippen LogP contribution in [0, 0.1) is 0 Å². The monoisotopic (exact) mass is 208 g/mol. The summed E-state index contributed by atoms with van der Waals surface area (Å²) in [5.74, 6) is 0.205. The third-order valence-electron chi connectivity index (χ3n) is 2.48. The average molecular weight is 208 g/mol. The fourth-order valence-corrected chi connectivity index (χ4v) is 1.66. The van der Waals surface area contributed by atoms with Crippen molar-refractivity contribution in [1.82, 2.24) is 0 Å². The summed E-state index contributed by atoms with van der Waals surface area (Å²) in [4.78, 5) is 11.4. The quantitative estimate of drug-likeness (QED) is 0.651. The number of methoxy groups -OCH3 is 1. The molecule has 0 radical (unpaired) electrons. The van der Waals surface area contributed by atoms with Crippen LogP contribution in [0.5, 0.6) is 5.75 Å². The molecule has 80 valence electrons. The maximum absolute atomic E-state index is 11.4. The van der Waals surface area contributed by atoms with Crippen molar-refractivity contribution in [3.63, 3.8) is 0 Å². The predicted molar refractivity (Wildman–Crippen MR) is 53.9 cm³/mol. The lowest BCUT2D eigenvalue weighted by Crippen LogP contribution is -2.47. The Morgan fingerprint density at radius 1 is 1.60 bits per heavy atom. The maximum Gasteiger partial charge on any atom is 0.267 e. The largest absolute Gasteiger partial charge is 0.497 e. The highest BCUT2D eigenvalue weighted by Crippen LogP contribution is 2.29. The van der Waals surface area contributed by atoms with Crippen molar-refractivity contribution < 1.29 is 14.7 Å². The first-order valence-corrected chi connectivity index (χ1v) is 4.59. The number of hydroxylamine groups is 1. The smallest absolute Gasteiger partial charge is 0.267 e. The zero-order valence-electron chi connectivity index (χ0n) is 8.30. The molecule has 0 saturated carbocycles. The Balaban J connectivity index is 2.45. The second-order valence-electron chi connectivity index (χ2n) is 3.46. The summed E-state index contributed by atoms with van der Waals surface area (Å²) < 4.78 is 5.05. The zero-order valence-corrected chi connectivity index (χ0v) is 8.30. The van der Waals surface area contributed by atoms with Gasteiger partial charge >= 0.3 is 0 Å². The van der Waals surface area contributed by atoms with Gasteiger partial charge in [-0.15, -0.1) is 0 Å². The molecule has 5 nitrogen and oxygen atoms in total. The summed E-state index contributed by atoms with van der Waals surface area (Å²) in [6.07, 6.45) is 0.419. The van der Waals surface area contributed by atoms with Crippen molar-refractivity contribution in [2.75, 3.05) is 12.2 Å². The molecular weight excluding hydrogens is 196 g/mol. The summed E-state index contributed by atoms with van der Waals surface area (Å²) in [5.41, 5.74) is 6.87. The zero-order chi connectivity index (χ0) is 11.0. The van der Waals surface area contributed by atoms with Crippen molar-refractivity contribution in [2.24, 2.45) is 5.73 Å². The van der Waals surface area contributed by atoms with Crippen LogP contribution in [0.25, 0.3) is 0 Å². The SMILES string of the molecule is COc1ccc2c(c1)C[C@H](N)C(=O)N2O. The van der Waals surface area contributed by atoms with Gasteiger partial charge in [0.15, 0.2) is 0 Å². The molecule has 3 N–H and O–H groups in total. The third kappa shape index (κ3) is 1.55. The molecule has 5 heteroatoms. The van der Waals surface area contributed by atoms with Gasteiger partial charge in [0.1, 0.15) is 5.75 Å². The van der Waals surface area contributed by atoms with Gasteiger partial charge in [0, 0.05) is 0 Å². The Kier molecular flexibility index (Phi) is 2.34. The lowest BCUT2D eigenvalue weighted by atomic mass is 9.99. The molecule has 0 unspecified atom stereocenters. The molecule has 0 aromatic heterocycles. The van der Waals surface area contributed by atoms with E-state index in [1.165, 1.54) is 0 Å². The van der Waals surface area contributed by atoms with Crippen LogP contribution in [0.1, 0.15) is 5.56 Å². The minimum atomic E-state index is -0.686. The topological polar surface area (TPSA) is 75.8 Å². The van der Waals surface area contributed by atoms with E-state index in [9.17, 15) is 10.0 Å². The Labute approximate surface area is 87.0 Å². The molecule has 0 saturated heterocycles. The molecule has 2 rings (SSSR count). The van der Waals surface area contributed by atoms with Crippen LogP contribution in [0.15, 0.2) is 18.2 Å². The number of carbonyl (C=O) groups is 1. The van der Waals surface area contributed by atoms with Gasteiger partial charge in [0.2, 0.25) is 0 Å². The Hall–Kier alpha value is -1.59. The fourth-order valence-electron chi connectivity index (χ4n) is 1.66. The molecule has 1 heterocycles. The standard InChI is InChI=1S/C10H12N2O3/c1-15-7-2-3-9-6(4-7)5-8(11)10(13)12(9)14/h2-4,8,14H,5,11H2,1H3/t8-/m0/s1. The minimum Gasteiger partial charge on any atom is -0.497 e. The van der Waals surface area contributed by atoms with Crippen LogP contribution in [0.2, 0.25) is 0 Å². The molecule has 1 aliphatic rings. The molecule has 0 spiro atoms. The first-order valence-electron chi connectivity index (χ1n) is 4.59. The van der Waals surface area contributed by atoms with Crippen LogP contribution in [0.4, 0.5) is 5.69 Å². The van der Waals surface area contributed by atoms with Crippen molar-refractivity contribution in [2.45, 2.75) is 12.5 Å². The van der Waals surface area contributed by atoms with Crippen LogP contribution in [-0.2, 0) is 11.2 Å². The lowest BCUT2D eigenvalue weighted by molar-refractivity contribution is -0.125. The van der Waals surface area contributed by atoms with Gasteiger partial charge in [0.05, 0.1) is 18.8 Å². The summed E-state index contributed by atoms with van der Waals surface area (Å²) >= 11 is 0. The molecule has 1 atom stereocenters. The second kappa shape index (κ2) is 3.52. The molecule has 1 aromatic carbocycles. The number of anilines is 1. The van der Waals surface area contributed by atoms with Crippen LogP contribution >= 0.6 is 0 Å². The van der Waals surface area contributed by atoms with E-state index in [-0.39, 0.29) is 0 Å². The number of rotatable bonds is 1. The lowest BCUT2D eigenvalue weighted by Gasteiger charge is -2.27. The van der Waals surface area contributed by atoms with Crippen LogP contribution in [0.3, 0.4) is 0 Å². The number of fused-ring (bicyclic) bond motifs is 1. The van der Waals surface area contributed by atoms with Gasteiger partial charge in [-0.2, -0.15) is 5.06 Å². The van der Waals surface area contributed by atoms with Gasteiger partial charge in [0.25, 0.3) is 5.91 Å². The number of carbonyl (C=O) groups excluding carboxylic acids is 1. The Morgan fingerprint density at radius 3 is 3.00 bits per heavy atom. The molecule has 1 aromatic rings. The van der Waals surface area contributed by atoms with Crippen molar-refractivity contribution in [1.29, 1.82) is 0 Å². The fraction of sp³-hybridized carbons (Fsp3) is 0.300. The molecule has 0 aliphatic carbocycles. The highest BCUT2D eigenvalue weighted by atomic mass is 16.5. The van der Waals surface area contributed by atoms with E-state index in [1.54, 1.807) is 25.3 Å². The normalized spacial score (nSPS) is 20.1. The van der Waals surface area contributed by atoms with Gasteiger partial charge in [-0.25, -0.2) is 0 Å². The maximum atomic E-state index is 11.4. The second-order valence-corrected chi connectivity index (χ2v) is 3.46. The number of benzene rings is 1.